The Kier molecular flexibility index (Phi) is 2.76. The van der Waals surface area contributed by atoms with E-state index in [2.05, 4.69) is 4.98 Å². The van der Waals surface area contributed by atoms with Crippen molar-refractivity contribution in [3.63, 3.8) is 0 Å². The predicted molar refractivity (Wildman–Crippen MR) is 61.4 cm³/mol. The minimum atomic E-state index is -1.29. The molecule has 1 aromatic rings. The third kappa shape index (κ3) is 1.85. The lowest BCUT2D eigenvalue weighted by molar-refractivity contribution is -0.0183. The summed E-state index contributed by atoms with van der Waals surface area (Å²) in [5.41, 5.74) is 1.69. The number of hydrogen-bond donors (Lipinski definition) is 2. The van der Waals surface area contributed by atoms with Crippen LogP contribution in [0.2, 0.25) is 0 Å². The first kappa shape index (κ1) is 11.8. The molecule has 2 rings (SSSR count). The van der Waals surface area contributed by atoms with Crippen molar-refractivity contribution in [3.05, 3.63) is 23.4 Å². The number of aliphatic hydroxyl groups excluding tert-OH is 2. The Labute approximate surface area is 99.1 Å². The largest absolute Gasteiger partial charge is 0.369 e. The Morgan fingerprint density at radius 2 is 1.88 bits per heavy atom. The average Bonchev–Trinajstić information content (AvgIpc) is 2.42. The highest BCUT2D eigenvalue weighted by atomic mass is 16.4. The Morgan fingerprint density at radius 3 is 2.35 bits per heavy atom. The number of carbonyl (C=O) groups is 1. The lowest BCUT2D eigenvalue weighted by Gasteiger charge is -2.19. The fraction of sp³-hybridized carbons (Fsp3) is 0.455. The first-order chi connectivity index (χ1) is 7.91. The predicted octanol–water partition coefficient (Wildman–Crippen LogP) is 0.207. The van der Waals surface area contributed by atoms with Crippen molar-refractivity contribution < 1.29 is 15.0 Å². The molecule has 0 unspecified atom stereocenters. The van der Waals surface area contributed by atoms with Crippen LogP contribution in [0.3, 0.4) is 0 Å². The molecule has 1 aromatic heterocycles. The molecule has 2 amide bonds. The Bertz CT molecular complexity index is 443. The molecule has 1 aliphatic heterocycles. The molecular weight excluding hydrogens is 222 g/mol. The van der Waals surface area contributed by atoms with E-state index in [-0.39, 0.29) is 0 Å². The van der Waals surface area contributed by atoms with Crippen LogP contribution in [-0.2, 0) is 0 Å². The molecule has 0 radical (unpaired) electrons. The van der Waals surface area contributed by atoms with Crippen molar-refractivity contribution in [1.82, 2.24) is 9.88 Å². The molecule has 1 fully saturated rings. The minimum absolute atomic E-state index is 0.350. The van der Waals surface area contributed by atoms with Crippen molar-refractivity contribution in [2.24, 2.45) is 0 Å². The number of anilines is 1. The summed E-state index contributed by atoms with van der Waals surface area (Å²) in [5.74, 6) is 0.350. The summed E-state index contributed by atoms with van der Waals surface area (Å²) in [6.07, 6.45) is -2.52. The summed E-state index contributed by atoms with van der Waals surface area (Å²) in [7, 11) is 1.43. The lowest BCUT2D eigenvalue weighted by Crippen LogP contribution is -2.37. The van der Waals surface area contributed by atoms with Gasteiger partial charge in [-0.2, -0.15) is 0 Å². The lowest BCUT2D eigenvalue weighted by atomic mass is 10.2. The second kappa shape index (κ2) is 3.97. The van der Waals surface area contributed by atoms with E-state index in [4.69, 9.17) is 0 Å². The van der Waals surface area contributed by atoms with E-state index < -0.39 is 18.5 Å². The van der Waals surface area contributed by atoms with E-state index in [1.165, 1.54) is 7.05 Å². The van der Waals surface area contributed by atoms with Crippen molar-refractivity contribution in [2.45, 2.75) is 26.3 Å². The Balaban J connectivity index is 2.43. The molecule has 2 atom stereocenters. The quantitative estimate of drug-likeness (QED) is 0.732. The van der Waals surface area contributed by atoms with Crippen molar-refractivity contribution in [3.8, 4) is 0 Å². The number of aromatic nitrogens is 1. The topological polar surface area (TPSA) is 76.9 Å². The van der Waals surface area contributed by atoms with E-state index >= 15 is 0 Å². The number of nitrogens with zero attached hydrogens (tertiary/aromatic N) is 3. The van der Waals surface area contributed by atoms with Gasteiger partial charge in [-0.05, 0) is 31.5 Å². The van der Waals surface area contributed by atoms with Crippen LogP contribution in [0, 0.1) is 13.8 Å². The van der Waals surface area contributed by atoms with Crippen LogP contribution < -0.4 is 4.90 Å². The molecule has 0 bridgehead atoms. The van der Waals surface area contributed by atoms with Crippen LogP contribution >= 0.6 is 0 Å². The van der Waals surface area contributed by atoms with E-state index in [0.29, 0.717) is 5.82 Å². The van der Waals surface area contributed by atoms with Crippen molar-refractivity contribution >= 4 is 11.8 Å². The van der Waals surface area contributed by atoms with Crippen LogP contribution in [0.15, 0.2) is 12.1 Å². The molecule has 0 aliphatic carbocycles. The van der Waals surface area contributed by atoms with Gasteiger partial charge in [-0.1, -0.05) is 0 Å². The van der Waals surface area contributed by atoms with E-state index in [0.717, 1.165) is 21.1 Å². The summed E-state index contributed by atoms with van der Waals surface area (Å²) in [6.45, 7) is 3.69. The van der Waals surface area contributed by atoms with Gasteiger partial charge in [0.2, 0.25) is 0 Å². The zero-order chi connectivity index (χ0) is 12.7. The summed E-state index contributed by atoms with van der Waals surface area (Å²) >= 11 is 0. The molecule has 6 nitrogen and oxygen atoms in total. The van der Waals surface area contributed by atoms with Gasteiger partial charge in [0.1, 0.15) is 5.82 Å². The van der Waals surface area contributed by atoms with Gasteiger partial charge in [0.05, 0.1) is 0 Å². The molecule has 92 valence electrons. The SMILES string of the molecule is Cc1cc(C)nc(N2C(=O)N(C)[C@H](O)[C@H]2O)c1. The van der Waals surface area contributed by atoms with Crippen molar-refractivity contribution in [2.75, 3.05) is 11.9 Å². The number of likely N-dealkylation sites (N-methyl/N-ethyl adjacent to an activating group) is 1. The molecule has 0 spiro atoms. The number of rotatable bonds is 1. The number of aliphatic hydroxyl groups is 2. The molecule has 0 saturated carbocycles. The molecule has 0 aromatic carbocycles. The number of pyridine rings is 1. The van der Waals surface area contributed by atoms with Crippen LogP contribution in [0.1, 0.15) is 11.3 Å². The highest BCUT2D eigenvalue weighted by Gasteiger charge is 2.43. The van der Waals surface area contributed by atoms with E-state index in [9.17, 15) is 15.0 Å². The summed E-state index contributed by atoms with van der Waals surface area (Å²) in [5, 5.41) is 19.4. The van der Waals surface area contributed by atoms with Gasteiger partial charge < -0.3 is 10.2 Å². The standard InChI is InChI=1S/C11H15N3O3/c1-6-4-7(2)12-8(5-6)14-10(16)9(15)13(3)11(14)17/h4-5,9-10,15-16H,1-3H3/t9-,10-/m1/s1. The van der Waals surface area contributed by atoms with Gasteiger partial charge in [-0.15, -0.1) is 0 Å². The average molecular weight is 237 g/mol. The van der Waals surface area contributed by atoms with Gasteiger partial charge in [-0.3, -0.25) is 4.90 Å². The second-order valence-corrected chi connectivity index (χ2v) is 4.23. The Hall–Kier alpha value is -1.66. The monoisotopic (exact) mass is 237 g/mol. The van der Waals surface area contributed by atoms with Gasteiger partial charge in [0, 0.05) is 12.7 Å². The molecule has 1 aliphatic rings. The van der Waals surface area contributed by atoms with E-state index in [1.807, 2.05) is 19.9 Å². The fourth-order valence-corrected chi connectivity index (χ4v) is 1.91. The van der Waals surface area contributed by atoms with Gasteiger partial charge in [0.25, 0.3) is 0 Å². The van der Waals surface area contributed by atoms with Gasteiger partial charge in [0.15, 0.2) is 12.5 Å². The smallest absolute Gasteiger partial charge is 0.329 e. The second-order valence-electron chi connectivity index (χ2n) is 4.23. The van der Waals surface area contributed by atoms with Gasteiger partial charge >= 0.3 is 6.03 Å². The normalized spacial score (nSPS) is 24.6. The fourth-order valence-electron chi connectivity index (χ4n) is 1.91. The summed E-state index contributed by atoms with van der Waals surface area (Å²) in [6, 6.07) is 3.10. The Morgan fingerprint density at radius 1 is 1.24 bits per heavy atom. The number of carbonyl (C=O) groups excluding carboxylic acids is 1. The molecule has 17 heavy (non-hydrogen) atoms. The first-order valence-electron chi connectivity index (χ1n) is 5.29. The van der Waals surface area contributed by atoms with E-state index in [1.54, 1.807) is 6.07 Å². The highest BCUT2D eigenvalue weighted by Crippen LogP contribution is 2.25. The number of amides is 2. The van der Waals surface area contributed by atoms with Crippen LogP contribution in [0.4, 0.5) is 10.6 Å². The molecule has 6 heteroatoms. The number of hydrogen-bond acceptors (Lipinski definition) is 4. The number of urea groups is 1. The third-order valence-electron chi connectivity index (χ3n) is 2.77. The zero-order valence-electron chi connectivity index (χ0n) is 9.95. The highest BCUT2D eigenvalue weighted by molar-refractivity contribution is 5.93. The van der Waals surface area contributed by atoms with Crippen LogP contribution in [0.25, 0.3) is 0 Å². The van der Waals surface area contributed by atoms with Crippen molar-refractivity contribution in [1.29, 1.82) is 0 Å². The number of aryl methyl sites for hydroxylation is 2. The third-order valence-corrected chi connectivity index (χ3v) is 2.77. The maximum Gasteiger partial charge on any atom is 0.329 e. The zero-order valence-corrected chi connectivity index (χ0v) is 9.95. The van der Waals surface area contributed by atoms with Gasteiger partial charge in [-0.25, -0.2) is 14.7 Å². The molecule has 1 saturated heterocycles. The summed E-state index contributed by atoms with van der Waals surface area (Å²) in [4.78, 5) is 18.2. The maximum atomic E-state index is 11.8. The minimum Gasteiger partial charge on any atom is -0.369 e. The molecule has 2 N–H and O–H groups in total. The van der Waals surface area contributed by atoms with Crippen LogP contribution in [-0.4, -0.2) is 45.6 Å². The summed E-state index contributed by atoms with van der Waals surface area (Å²) < 4.78 is 0. The first-order valence-corrected chi connectivity index (χ1v) is 5.29. The van der Waals surface area contributed by atoms with Crippen LogP contribution in [0.5, 0.6) is 0 Å². The molecular formula is C11H15N3O3. The molecule has 2 heterocycles. The maximum absolute atomic E-state index is 11.8.